The maximum absolute atomic E-state index is 11.1. The van der Waals surface area contributed by atoms with Crippen molar-refractivity contribution in [1.82, 2.24) is 0 Å². The third-order valence-corrected chi connectivity index (χ3v) is 8.82. The van der Waals surface area contributed by atoms with Crippen LogP contribution in [0.1, 0.15) is 99.8 Å². The van der Waals surface area contributed by atoms with E-state index in [-0.39, 0.29) is 23.8 Å². The number of hydrogen-bond donors (Lipinski definition) is 0. The summed E-state index contributed by atoms with van der Waals surface area (Å²) in [5.74, 6) is -0.355. The topological polar surface area (TPSA) is 54.0 Å². The molecule has 0 aromatic rings. The van der Waals surface area contributed by atoms with E-state index in [1.807, 2.05) is 0 Å². The fourth-order valence-corrected chi connectivity index (χ4v) is 6.67. The van der Waals surface area contributed by atoms with Crippen LogP contribution in [-0.2, 0) is 22.8 Å². The van der Waals surface area contributed by atoms with Crippen LogP contribution in [0.3, 0.4) is 0 Å². The van der Waals surface area contributed by atoms with Gasteiger partial charge in [0.2, 0.25) is 0 Å². The lowest BCUT2D eigenvalue weighted by molar-refractivity contribution is -0.137. The summed E-state index contributed by atoms with van der Waals surface area (Å²) in [7, 11) is -2.80. The minimum atomic E-state index is -2.80. The largest absolute Gasteiger partial charge is 0.501 e. The minimum absolute atomic E-state index is 0.123. The van der Waals surface area contributed by atoms with Gasteiger partial charge in [0.05, 0.1) is 12.2 Å². The van der Waals surface area contributed by atoms with Crippen molar-refractivity contribution in [2.75, 3.05) is 6.61 Å². The Kier molecular flexibility index (Phi) is 14.8. The maximum Gasteiger partial charge on any atom is 0.501 e. The summed E-state index contributed by atoms with van der Waals surface area (Å²) in [5.41, 5.74) is -0.278. The van der Waals surface area contributed by atoms with Crippen LogP contribution >= 0.6 is 0 Å². The molecule has 6 heteroatoms. The molecule has 29 heavy (non-hydrogen) atoms. The maximum atomic E-state index is 11.1. The third-order valence-electron chi connectivity index (χ3n) is 5.38. The summed E-state index contributed by atoms with van der Waals surface area (Å²) in [6.07, 6.45) is 9.01. The Bertz CT molecular complexity index is 445. The van der Waals surface area contributed by atoms with Crippen molar-refractivity contribution in [2.24, 2.45) is 0 Å². The Morgan fingerprint density at radius 1 is 1.03 bits per heavy atom. The van der Waals surface area contributed by atoms with E-state index < -0.39 is 8.80 Å². The Morgan fingerprint density at radius 2 is 1.62 bits per heavy atom. The average molecular weight is 431 g/mol. The molecular weight excluding hydrogens is 384 g/mol. The first-order valence-electron chi connectivity index (χ1n) is 11.5. The second-order valence-corrected chi connectivity index (χ2v) is 10.7. The lowest BCUT2D eigenvalue weighted by atomic mass is 9.96. The van der Waals surface area contributed by atoms with Crippen LogP contribution in [0.5, 0.6) is 0 Å². The highest BCUT2D eigenvalue weighted by atomic mass is 28.4. The quantitative estimate of drug-likeness (QED) is 0.108. The molecule has 0 N–H and O–H groups in total. The Labute approximate surface area is 180 Å². The van der Waals surface area contributed by atoms with E-state index in [2.05, 4.69) is 55.0 Å². The van der Waals surface area contributed by atoms with Crippen LogP contribution in [-0.4, -0.2) is 39.2 Å². The average Bonchev–Trinajstić information content (AvgIpc) is 2.70. The molecule has 0 amide bonds. The minimum Gasteiger partial charge on any atom is -0.463 e. The number of rotatable bonds is 18. The van der Waals surface area contributed by atoms with Crippen molar-refractivity contribution < 1.29 is 22.8 Å². The van der Waals surface area contributed by atoms with Crippen LogP contribution in [0.25, 0.3) is 0 Å². The van der Waals surface area contributed by atoms with E-state index >= 15 is 0 Å². The van der Waals surface area contributed by atoms with Crippen molar-refractivity contribution in [3.8, 4) is 0 Å². The number of carbonyl (C=O) groups is 1. The SMILES string of the molecule is C=CC(=O)OCCCCCC(C)(CC)O[Si](CCC)(OC(C)CC)OC(C)CC. The molecule has 3 unspecified atom stereocenters. The number of carbonyl (C=O) groups excluding carboxylic acids is 1. The van der Waals surface area contributed by atoms with Crippen molar-refractivity contribution >= 4 is 14.8 Å². The van der Waals surface area contributed by atoms with Crippen LogP contribution in [0.2, 0.25) is 6.04 Å². The molecule has 0 aromatic carbocycles. The van der Waals surface area contributed by atoms with E-state index in [9.17, 15) is 4.79 Å². The van der Waals surface area contributed by atoms with Gasteiger partial charge in [-0.25, -0.2) is 4.79 Å². The molecule has 0 bridgehead atoms. The summed E-state index contributed by atoms with van der Waals surface area (Å²) in [4.78, 5) is 11.1. The van der Waals surface area contributed by atoms with Gasteiger partial charge < -0.3 is 18.0 Å². The van der Waals surface area contributed by atoms with Gasteiger partial charge in [0.1, 0.15) is 0 Å². The van der Waals surface area contributed by atoms with Gasteiger partial charge in [0.15, 0.2) is 0 Å². The van der Waals surface area contributed by atoms with Crippen LogP contribution < -0.4 is 0 Å². The summed E-state index contributed by atoms with van der Waals surface area (Å²) in [6.45, 7) is 18.9. The summed E-state index contributed by atoms with van der Waals surface area (Å²) < 4.78 is 24.9. The summed E-state index contributed by atoms with van der Waals surface area (Å²) in [6, 6.07) is 0.842. The lowest BCUT2D eigenvalue weighted by Gasteiger charge is -2.41. The molecule has 5 nitrogen and oxygen atoms in total. The molecule has 0 fully saturated rings. The monoisotopic (exact) mass is 430 g/mol. The summed E-state index contributed by atoms with van der Waals surface area (Å²) in [5, 5.41) is 0. The lowest BCUT2D eigenvalue weighted by Crippen LogP contribution is -2.54. The van der Waals surface area contributed by atoms with Gasteiger partial charge in [-0.15, -0.1) is 0 Å². The van der Waals surface area contributed by atoms with Crippen LogP contribution in [0, 0.1) is 0 Å². The van der Waals surface area contributed by atoms with Gasteiger partial charge in [-0.2, -0.15) is 0 Å². The molecular formula is C23H46O5Si. The first-order valence-corrected chi connectivity index (χ1v) is 13.5. The molecule has 0 saturated carbocycles. The van der Waals surface area contributed by atoms with Crippen LogP contribution in [0.15, 0.2) is 12.7 Å². The van der Waals surface area contributed by atoms with E-state index in [1.165, 1.54) is 6.08 Å². The molecule has 0 spiro atoms. The van der Waals surface area contributed by atoms with E-state index in [0.717, 1.165) is 57.4 Å². The van der Waals surface area contributed by atoms with Crippen molar-refractivity contribution in [3.63, 3.8) is 0 Å². The zero-order valence-corrected chi connectivity index (χ0v) is 21.1. The van der Waals surface area contributed by atoms with Gasteiger partial charge in [0.25, 0.3) is 0 Å². The predicted octanol–water partition coefficient (Wildman–Crippen LogP) is 6.44. The normalized spacial score (nSPS) is 17.8. The molecule has 0 aliphatic carbocycles. The van der Waals surface area contributed by atoms with Gasteiger partial charge in [-0.3, -0.25) is 0 Å². The number of hydrogen-bond acceptors (Lipinski definition) is 5. The highest BCUT2D eigenvalue weighted by Crippen LogP contribution is 2.33. The van der Waals surface area contributed by atoms with Gasteiger partial charge in [-0.1, -0.05) is 47.1 Å². The molecule has 0 heterocycles. The van der Waals surface area contributed by atoms with E-state index in [1.54, 1.807) is 0 Å². The zero-order chi connectivity index (χ0) is 22.3. The first-order chi connectivity index (χ1) is 13.7. The van der Waals surface area contributed by atoms with Crippen molar-refractivity contribution in [3.05, 3.63) is 12.7 Å². The highest BCUT2D eigenvalue weighted by Gasteiger charge is 2.47. The van der Waals surface area contributed by atoms with E-state index in [0.29, 0.717) is 6.61 Å². The second kappa shape index (κ2) is 15.2. The molecule has 0 rings (SSSR count). The molecule has 0 aromatic heterocycles. The van der Waals surface area contributed by atoms with Crippen molar-refractivity contribution in [2.45, 2.75) is 124 Å². The van der Waals surface area contributed by atoms with Gasteiger partial charge in [-0.05, 0) is 59.3 Å². The fourth-order valence-electron chi connectivity index (χ4n) is 3.02. The highest BCUT2D eigenvalue weighted by molar-refractivity contribution is 6.61. The van der Waals surface area contributed by atoms with Crippen molar-refractivity contribution in [1.29, 1.82) is 0 Å². The molecule has 0 aliphatic heterocycles. The predicted molar refractivity (Wildman–Crippen MR) is 122 cm³/mol. The Hall–Kier alpha value is -0.693. The first kappa shape index (κ1) is 28.3. The number of ether oxygens (including phenoxy) is 1. The molecule has 3 atom stereocenters. The molecule has 0 saturated heterocycles. The molecule has 0 aliphatic rings. The fraction of sp³-hybridized carbons (Fsp3) is 0.870. The zero-order valence-electron chi connectivity index (χ0n) is 20.1. The van der Waals surface area contributed by atoms with Gasteiger partial charge >= 0.3 is 14.8 Å². The second-order valence-electron chi connectivity index (χ2n) is 8.19. The smallest absolute Gasteiger partial charge is 0.463 e. The van der Waals surface area contributed by atoms with E-state index in [4.69, 9.17) is 18.0 Å². The molecule has 172 valence electrons. The number of unbranched alkanes of at least 4 members (excludes halogenated alkanes) is 2. The van der Waals surface area contributed by atoms with Gasteiger partial charge in [0, 0.05) is 24.3 Å². The summed E-state index contributed by atoms with van der Waals surface area (Å²) >= 11 is 0. The number of esters is 1. The standard InChI is InChI=1S/C23H46O5Si/c1-9-19-29(26-20(6)10-2,27-21(7)11-3)28-23(8,13-5)17-15-14-16-18-25-22(24)12-4/h12,20-21H,4,9-11,13-19H2,1-3,5-8H3. The molecule has 0 radical (unpaired) electrons. The Morgan fingerprint density at radius 3 is 2.07 bits per heavy atom. The third kappa shape index (κ3) is 11.9. The van der Waals surface area contributed by atoms with Crippen LogP contribution in [0.4, 0.5) is 0 Å². The Balaban J connectivity index is 5.04.